The molecule has 5 rings (SSSR count). The minimum atomic E-state index is 0.561. The van der Waals surface area contributed by atoms with Crippen LogP contribution in [0.25, 0.3) is 39.4 Å². The highest BCUT2D eigenvalue weighted by molar-refractivity contribution is 5.86. The molecule has 0 spiro atoms. The van der Waals surface area contributed by atoms with E-state index in [1.165, 1.54) is 0 Å². The molecule has 0 aromatic carbocycles. The third-order valence-electron chi connectivity index (χ3n) is 4.10. The summed E-state index contributed by atoms with van der Waals surface area (Å²) in [6.45, 7) is 1.95. The van der Waals surface area contributed by atoms with Crippen LogP contribution in [0.15, 0.2) is 55.2 Å². The Hall–Kier alpha value is -3.61. The minimum absolute atomic E-state index is 0.561. The highest BCUT2D eigenvalue weighted by Crippen LogP contribution is 2.25. The van der Waals surface area contributed by atoms with Crippen molar-refractivity contribution in [2.75, 3.05) is 0 Å². The molecule has 0 radical (unpaired) electrons. The molecule has 0 aliphatic rings. The Morgan fingerprint density at radius 1 is 1.04 bits per heavy atom. The van der Waals surface area contributed by atoms with E-state index in [1.807, 2.05) is 54.2 Å². The van der Waals surface area contributed by atoms with Gasteiger partial charge < -0.3 is 4.98 Å². The molecule has 0 atom stereocenters. The first-order valence-electron chi connectivity index (χ1n) is 7.86. The Morgan fingerprint density at radius 3 is 2.92 bits per heavy atom. The number of fused-ring (bicyclic) bond motifs is 2. The first kappa shape index (κ1) is 13.8. The van der Waals surface area contributed by atoms with Gasteiger partial charge in [0.25, 0.3) is 0 Å². The maximum absolute atomic E-state index is 4.76. The molecule has 0 saturated carbocycles. The van der Waals surface area contributed by atoms with Crippen molar-refractivity contribution >= 4 is 22.1 Å². The normalized spacial score (nSPS) is 11.4. The monoisotopic (exact) mass is 327 g/mol. The fourth-order valence-corrected chi connectivity index (χ4v) is 2.94. The standard InChI is InChI=1S/C18H13N7/c1-11-3-2-4-13(22-11)16-23-17-15(20-10-21-17)18(24-16)25-8-6-12-9-19-7-5-14(12)25/h2-10H,1H3,(H,20,21,23,24). The summed E-state index contributed by atoms with van der Waals surface area (Å²) in [5.41, 5.74) is 4.06. The van der Waals surface area contributed by atoms with Gasteiger partial charge in [-0.1, -0.05) is 6.07 Å². The minimum Gasteiger partial charge on any atom is -0.329 e. The Bertz CT molecular complexity index is 1220. The largest absolute Gasteiger partial charge is 0.329 e. The number of pyridine rings is 2. The number of hydrogen-bond acceptors (Lipinski definition) is 5. The third-order valence-corrected chi connectivity index (χ3v) is 4.10. The van der Waals surface area contributed by atoms with Crippen LogP contribution < -0.4 is 0 Å². The Labute approximate surface area is 142 Å². The highest BCUT2D eigenvalue weighted by Gasteiger charge is 2.15. The van der Waals surface area contributed by atoms with Gasteiger partial charge in [-0.2, -0.15) is 0 Å². The van der Waals surface area contributed by atoms with Crippen molar-refractivity contribution in [3.63, 3.8) is 0 Å². The van der Waals surface area contributed by atoms with Crippen LogP contribution in [0.1, 0.15) is 5.69 Å². The van der Waals surface area contributed by atoms with Crippen LogP contribution >= 0.6 is 0 Å². The molecule has 0 amide bonds. The van der Waals surface area contributed by atoms with Crippen molar-refractivity contribution in [3.8, 4) is 17.3 Å². The number of aromatic nitrogens is 7. The predicted octanol–water partition coefficient (Wildman–Crippen LogP) is 3.06. The molecule has 7 heteroatoms. The number of H-pyrrole nitrogens is 1. The fourth-order valence-electron chi connectivity index (χ4n) is 2.94. The molecule has 0 unspecified atom stereocenters. The third kappa shape index (κ3) is 2.17. The number of rotatable bonds is 2. The van der Waals surface area contributed by atoms with Gasteiger partial charge in [-0.15, -0.1) is 0 Å². The molecular formula is C18H13N7. The summed E-state index contributed by atoms with van der Waals surface area (Å²) < 4.78 is 2.00. The fraction of sp³-hybridized carbons (Fsp3) is 0.0556. The molecule has 5 aromatic heterocycles. The summed E-state index contributed by atoms with van der Waals surface area (Å²) in [7, 11) is 0. The molecule has 25 heavy (non-hydrogen) atoms. The summed E-state index contributed by atoms with van der Waals surface area (Å²) in [6, 6.07) is 9.78. The molecule has 0 aliphatic heterocycles. The van der Waals surface area contributed by atoms with Gasteiger partial charge in [0, 0.05) is 29.7 Å². The van der Waals surface area contributed by atoms with Gasteiger partial charge >= 0.3 is 0 Å². The zero-order chi connectivity index (χ0) is 16.8. The summed E-state index contributed by atoms with van der Waals surface area (Å²) in [5, 5.41) is 1.04. The second-order valence-corrected chi connectivity index (χ2v) is 5.76. The summed E-state index contributed by atoms with van der Waals surface area (Å²) in [5.74, 6) is 1.28. The summed E-state index contributed by atoms with van der Waals surface area (Å²) in [6.07, 6.45) is 7.20. The zero-order valence-electron chi connectivity index (χ0n) is 13.4. The van der Waals surface area contributed by atoms with Crippen molar-refractivity contribution in [1.29, 1.82) is 0 Å². The van der Waals surface area contributed by atoms with E-state index in [0.717, 1.165) is 22.3 Å². The topological polar surface area (TPSA) is 85.2 Å². The maximum atomic E-state index is 4.76. The predicted molar refractivity (Wildman–Crippen MR) is 94.3 cm³/mol. The van der Waals surface area contributed by atoms with Gasteiger partial charge in [0.05, 0.1) is 11.8 Å². The van der Waals surface area contributed by atoms with Gasteiger partial charge in [0.2, 0.25) is 0 Å². The van der Waals surface area contributed by atoms with Crippen LogP contribution in [-0.2, 0) is 0 Å². The second-order valence-electron chi connectivity index (χ2n) is 5.76. The smallest absolute Gasteiger partial charge is 0.182 e. The number of aromatic amines is 1. The zero-order valence-corrected chi connectivity index (χ0v) is 13.4. The lowest BCUT2D eigenvalue weighted by Crippen LogP contribution is -2.02. The molecule has 0 aliphatic carbocycles. The molecule has 0 fully saturated rings. The van der Waals surface area contributed by atoms with E-state index in [-0.39, 0.29) is 0 Å². The lowest BCUT2D eigenvalue weighted by Gasteiger charge is -2.08. The number of nitrogens with zero attached hydrogens (tertiary/aromatic N) is 6. The molecular weight excluding hydrogens is 314 g/mol. The van der Waals surface area contributed by atoms with Crippen LogP contribution in [-0.4, -0.2) is 34.5 Å². The molecule has 1 N–H and O–H groups in total. The van der Waals surface area contributed by atoms with Crippen LogP contribution in [0.2, 0.25) is 0 Å². The number of aryl methyl sites for hydroxylation is 1. The van der Waals surface area contributed by atoms with Crippen LogP contribution in [0, 0.1) is 6.92 Å². The second kappa shape index (κ2) is 5.20. The van der Waals surface area contributed by atoms with Crippen molar-refractivity contribution in [3.05, 3.63) is 60.9 Å². The molecule has 0 bridgehead atoms. The van der Waals surface area contributed by atoms with E-state index < -0.39 is 0 Å². The molecule has 120 valence electrons. The van der Waals surface area contributed by atoms with Crippen molar-refractivity contribution in [2.45, 2.75) is 6.92 Å². The van der Waals surface area contributed by atoms with Crippen molar-refractivity contribution in [1.82, 2.24) is 34.5 Å². The number of hydrogen-bond donors (Lipinski definition) is 1. The van der Waals surface area contributed by atoms with Gasteiger partial charge in [0.15, 0.2) is 22.8 Å². The first-order valence-corrected chi connectivity index (χ1v) is 7.86. The van der Waals surface area contributed by atoms with Gasteiger partial charge in [-0.05, 0) is 31.2 Å². The van der Waals surface area contributed by atoms with Crippen LogP contribution in [0.5, 0.6) is 0 Å². The van der Waals surface area contributed by atoms with Crippen molar-refractivity contribution < 1.29 is 0 Å². The SMILES string of the molecule is Cc1cccc(-c2nc(-n3ccc4cnccc43)c3nc[nH]c3n2)n1. The molecule has 5 heterocycles. The molecule has 5 aromatic rings. The van der Waals surface area contributed by atoms with E-state index in [9.17, 15) is 0 Å². The Morgan fingerprint density at radius 2 is 2.00 bits per heavy atom. The average molecular weight is 327 g/mol. The Balaban J connectivity index is 1.82. The Kier molecular flexibility index (Phi) is 2.87. The quantitative estimate of drug-likeness (QED) is 0.538. The van der Waals surface area contributed by atoms with E-state index in [1.54, 1.807) is 12.5 Å². The van der Waals surface area contributed by atoms with E-state index in [2.05, 4.69) is 24.9 Å². The van der Waals surface area contributed by atoms with Gasteiger partial charge in [0.1, 0.15) is 5.69 Å². The van der Waals surface area contributed by atoms with Crippen LogP contribution in [0.4, 0.5) is 0 Å². The van der Waals surface area contributed by atoms with Crippen molar-refractivity contribution in [2.24, 2.45) is 0 Å². The lowest BCUT2D eigenvalue weighted by atomic mass is 10.3. The lowest BCUT2D eigenvalue weighted by molar-refractivity contribution is 1.02. The number of imidazole rings is 1. The van der Waals surface area contributed by atoms with Gasteiger partial charge in [-0.3, -0.25) is 9.55 Å². The maximum Gasteiger partial charge on any atom is 0.182 e. The first-order chi connectivity index (χ1) is 12.3. The highest BCUT2D eigenvalue weighted by atomic mass is 15.1. The average Bonchev–Trinajstić information content (AvgIpc) is 3.27. The van der Waals surface area contributed by atoms with Gasteiger partial charge in [-0.25, -0.2) is 19.9 Å². The van der Waals surface area contributed by atoms with E-state index in [0.29, 0.717) is 22.8 Å². The van der Waals surface area contributed by atoms with E-state index >= 15 is 0 Å². The summed E-state index contributed by atoms with van der Waals surface area (Å²) in [4.78, 5) is 25.5. The van der Waals surface area contributed by atoms with E-state index in [4.69, 9.17) is 4.98 Å². The van der Waals surface area contributed by atoms with Crippen LogP contribution in [0.3, 0.4) is 0 Å². The number of nitrogens with one attached hydrogen (secondary N) is 1. The summed E-state index contributed by atoms with van der Waals surface area (Å²) >= 11 is 0. The molecule has 0 saturated heterocycles. The molecule has 7 nitrogen and oxygen atoms in total.